The van der Waals surface area contributed by atoms with E-state index in [1.807, 2.05) is 24.3 Å². The molecule has 126 valence electrons. The Labute approximate surface area is 146 Å². The van der Waals surface area contributed by atoms with Gasteiger partial charge >= 0.3 is 0 Å². The summed E-state index contributed by atoms with van der Waals surface area (Å²) in [5.41, 5.74) is 1.70. The molecule has 0 aliphatic heterocycles. The Bertz CT molecular complexity index is 729. The Morgan fingerprint density at radius 3 is 2.67 bits per heavy atom. The van der Waals surface area contributed by atoms with Crippen LogP contribution in [0.3, 0.4) is 0 Å². The van der Waals surface area contributed by atoms with Crippen LogP contribution in [-0.2, 0) is 6.54 Å². The molecule has 0 unspecified atom stereocenters. The van der Waals surface area contributed by atoms with Crippen molar-refractivity contribution in [3.8, 4) is 0 Å². The zero-order chi connectivity index (χ0) is 17.0. The first-order valence-electron chi connectivity index (χ1n) is 8.14. The lowest BCUT2D eigenvalue weighted by Crippen LogP contribution is -2.45. The van der Waals surface area contributed by atoms with E-state index < -0.39 is 5.60 Å². The molecule has 1 aliphatic carbocycles. The van der Waals surface area contributed by atoms with E-state index in [1.165, 1.54) is 0 Å². The molecule has 0 saturated heterocycles. The zero-order valence-corrected chi connectivity index (χ0v) is 14.1. The number of benzene rings is 2. The van der Waals surface area contributed by atoms with Crippen molar-refractivity contribution in [3.05, 3.63) is 64.7 Å². The minimum Gasteiger partial charge on any atom is -0.389 e. The summed E-state index contributed by atoms with van der Waals surface area (Å²) < 4.78 is 0. The van der Waals surface area contributed by atoms with E-state index in [-0.39, 0.29) is 5.91 Å². The van der Waals surface area contributed by atoms with Gasteiger partial charge in [-0.25, -0.2) is 0 Å². The number of aliphatic hydroxyl groups is 1. The lowest BCUT2D eigenvalue weighted by Gasteiger charge is -2.36. The van der Waals surface area contributed by atoms with Crippen molar-refractivity contribution < 1.29 is 9.90 Å². The highest BCUT2D eigenvalue weighted by atomic mass is 35.5. The van der Waals surface area contributed by atoms with Crippen molar-refractivity contribution in [2.75, 3.05) is 11.9 Å². The molecule has 0 bridgehead atoms. The lowest BCUT2D eigenvalue weighted by atomic mass is 9.80. The van der Waals surface area contributed by atoms with Crippen LogP contribution >= 0.6 is 11.6 Å². The van der Waals surface area contributed by atoms with Crippen LogP contribution in [0.15, 0.2) is 48.5 Å². The third-order valence-corrected chi connectivity index (χ3v) is 4.70. The standard InChI is InChI=1S/C19H21ClN2O2/c20-17-8-2-1-7-16(17)18(23)22-15-6-3-5-14(11-15)12-21-13-19(24)9-4-10-19/h1-3,5-8,11,21,24H,4,9-10,12-13H2,(H,22,23). The normalized spacial score (nSPS) is 15.6. The third-order valence-electron chi connectivity index (χ3n) is 4.37. The minimum absolute atomic E-state index is 0.227. The van der Waals surface area contributed by atoms with E-state index in [9.17, 15) is 9.90 Å². The number of carbonyl (C=O) groups is 1. The summed E-state index contributed by atoms with van der Waals surface area (Å²) in [6.07, 6.45) is 2.84. The van der Waals surface area contributed by atoms with E-state index in [0.29, 0.717) is 23.7 Å². The van der Waals surface area contributed by atoms with Crippen LogP contribution < -0.4 is 10.6 Å². The van der Waals surface area contributed by atoms with Gasteiger partial charge in [-0.15, -0.1) is 0 Å². The van der Waals surface area contributed by atoms with Crippen LogP contribution in [0.25, 0.3) is 0 Å². The Morgan fingerprint density at radius 2 is 1.96 bits per heavy atom. The van der Waals surface area contributed by atoms with Gasteiger partial charge < -0.3 is 15.7 Å². The summed E-state index contributed by atoms with van der Waals surface area (Å²) in [6.45, 7) is 1.25. The molecule has 1 aliphatic rings. The molecule has 24 heavy (non-hydrogen) atoms. The Hall–Kier alpha value is -1.88. The van der Waals surface area contributed by atoms with Gasteiger partial charge in [0.15, 0.2) is 0 Å². The zero-order valence-electron chi connectivity index (χ0n) is 13.4. The van der Waals surface area contributed by atoms with Gasteiger partial charge in [0.1, 0.15) is 0 Å². The predicted octanol–water partition coefficient (Wildman–Crippen LogP) is 3.60. The summed E-state index contributed by atoms with van der Waals surface area (Å²) in [4.78, 5) is 12.3. The predicted molar refractivity (Wildman–Crippen MR) is 96.4 cm³/mol. The van der Waals surface area contributed by atoms with E-state index in [4.69, 9.17) is 11.6 Å². The summed E-state index contributed by atoms with van der Waals surface area (Å²) in [5.74, 6) is -0.227. The van der Waals surface area contributed by atoms with E-state index in [0.717, 1.165) is 30.5 Å². The lowest BCUT2D eigenvalue weighted by molar-refractivity contribution is -0.0314. The molecule has 3 N–H and O–H groups in total. The smallest absolute Gasteiger partial charge is 0.257 e. The number of hydrogen-bond donors (Lipinski definition) is 3. The number of hydrogen-bond acceptors (Lipinski definition) is 3. The number of amides is 1. The fraction of sp³-hybridized carbons (Fsp3) is 0.316. The first-order chi connectivity index (χ1) is 11.6. The summed E-state index contributed by atoms with van der Waals surface area (Å²) in [5, 5.41) is 16.7. The molecule has 0 aromatic heterocycles. The Kier molecular flexibility index (Phi) is 5.19. The average molecular weight is 345 g/mol. The second kappa shape index (κ2) is 7.34. The molecule has 2 aromatic carbocycles. The highest BCUT2D eigenvalue weighted by Crippen LogP contribution is 2.30. The van der Waals surface area contributed by atoms with E-state index in [2.05, 4.69) is 10.6 Å². The van der Waals surface area contributed by atoms with Gasteiger partial charge in [0.05, 0.1) is 16.2 Å². The largest absolute Gasteiger partial charge is 0.389 e. The van der Waals surface area contributed by atoms with Crippen LogP contribution in [-0.4, -0.2) is 23.2 Å². The number of rotatable bonds is 6. The molecular weight excluding hydrogens is 324 g/mol. The fourth-order valence-electron chi connectivity index (χ4n) is 2.80. The molecule has 0 spiro atoms. The Balaban J connectivity index is 1.58. The van der Waals surface area contributed by atoms with E-state index >= 15 is 0 Å². The third kappa shape index (κ3) is 4.15. The average Bonchev–Trinajstić information content (AvgIpc) is 2.54. The number of halogens is 1. The SMILES string of the molecule is O=C(Nc1cccc(CNCC2(O)CCC2)c1)c1ccccc1Cl. The quantitative estimate of drug-likeness (QED) is 0.750. The van der Waals surface area contributed by atoms with Crippen LogP contribution in [0.2, 0.25) is 5.02 Å². The summed E-state index contributed by atoms with van der Waals surface area (Å²) in [6, 6.07) is 14.6. The minimum atomic E-state index is -0.532. The van der Waals surface area contributed by atoms with Crippen molar-refractivity contribution in [2.24, 2.45) is 0 Å². The van der Waals surface area contributed by atoms with Gasteiger partial charge in [-0.1, -0.05) is 35.9 Å². The number of anilines is 1. The molecule has 0 heterocycles. The maximum atomic E-state index is 12.3. The summed E-state index contributed by atoms with van der Waals surface area (Å²) >= 11 is 6.05. The molecule has 0 radical (unpaired) electrons. The van der Waals surface area contributed by atoms with Crippen molar-refractivity contribution in [1.29, 1.82) is 0 Å². The van der Waals surface area contributed by atoms with Gasteiger partial charge in [0.25, 0.3) is 5.91 Å². The van der Waals surface area contributed by atoms with Gasteiger partial charge in [-0.3, -0.25) is 4.79 Å². The number of carbonyl (C=O) groups excluding carboxylic acids is 1. The second-order valence-corrected chi connectivity index (χ2v) is 6.72. The topological polar surface area (TPSA) is 61.4 Å². The van der Waals surface area contributed by atoms with Gasteiger partial charge in [0.2, 0.25) is 0 Å². The van der Waals surface area contributed by atoms with Crippen molar-refractivity contribution in [2.45, 2.75) is 31.4 Å². The van der Waals surface area contributed by atoms with Crippen molar-refractivity contribution in [1.82, 2.24) is 5.32 Å². The maximum Gasteiger partial charge on any atom is 0.257 e. The molecule has 4 nitrogen and oxygen atoms in total. The van der Waals surface area contributed by atoms with Crippen LogP contribution in [0.5, 0.6) is 0 Å². The highest BCUT2D eigenvalue weighted by molar-refractivity contribution is 6.34. The van der Waals surface area contributed by atoms with Crippen LogP contribution in [0.1, 0.15) is 35.2 Å². The molecule has 1 fully saturated rings. The molecular formula is C19H21ClN2O2. The highest BCUT2D eigenvalue weighted by Gasteiger charge is 2.33. The molecule has 1 saturated carbocycles. The van der Waals surface area contributed by atoms with Gasteiger partial charge in [0, 0.05) is 18.8 Å². The first kappa shape index (κ1) is 17.0. The van der Waals surface area contributed by atoms with Crippen molar-refractivity contribution >= 4 is 23.2 Å². The first-order valence-corrected chi connectivity index (χ1v) is 8.51. The second-order valence-electron chi connectivity index (χ2n) is 6.32. The fourth-order valence-corrected chi connectivity index (χ4v) is 3.03. The Morgan fingerprint density at radius 1 is 1.17 bits per heavy atom. The van der Waals surface area contributed by atoms with Gasteiger partial charge in [-0.05, 0) is 49.1 Å². The van der Waals surface area contributed by atoms with Gasteiger partial charge in [-0.2, -0.15) is 0 Å². The molecule has 1 amide bonds. The van der Waals surface area contributed by atoms with Crippen LogP contribution in [0.4, 0.5) is 5.69 Å². The van der Waals surface area contributed by atoms with E-state index in [1.54, 1.807) is 24.3 Å². The molecule has 3 rings (SSSR count). The van der Waals surface area contributed by atoms with Crippen molar-refractivity contribution in [3.63, 3.8) is 0 Å². The molecule has 5 heteroatoms. The van der Waals surface area contributed by atoms with Crippen LogP contribution in [0, 0.1) is 0 Å². The molecule has 2 aromatic rings. The number of nitrogens with one attached hydrogen (secondary N) is 2. The monoisotopic (exact) mass is 344 g/mol. The maximum absolute atomic E-state index is 12.3. The molecule has 0 atom stereocenters. The summed E-state index contributed by atoms with van der Waals surface area (Å²) in [7, 11) is 0.